The summed E-state index contributed by atoms with van der Waals surface area (Å²) >= 11 is 0. The Labute approximate surface area is 136 Å². The lowest BCUT2D eigenvalue weighted by molar-refractivity contribution is -0.121. The van der Waals surface area contributed by atoms with Crippen LogP contribution >= 0.6 is 0 Å². The number of likely N-dealkylation sites (N-methyl/N-ethyl adjacent to an activating group) is 1. The Balaban J connectivity index is 1.73. The van der Waals surface area contributed by atoms with E-state index in [4.69, 9.17) is 4.74 Å². The number of rotatable bonds is 3. The molecule has 0 spiro atoms. The van der Waals surface area contributed by atoms with Gasteiger partial charge in [0, 0.05) is 18.8 Å². The maximum absolute atomic E-state index is 13.1. The minimum Gasteiger partial charge on any atom is -0.482 e. The lowest BCUT2D eigenvalue weighted by Gasteiger charge is -2.26. The number of benzene rings is 2. The van der Waals surface area contributed by atoms with Gasteiger partial charge in [-0.3, -0.25) is 9.59 Å². The van der Waals surface area contributed by atoms with Crippen LogP contribution < -0.4 is 15.0 Å². The molecule has 2 aromatic carbocycles. The summed E-state index contributed by atoms with van der Waals surface area (Å²) in [6.07, 6.45) is 0.0221. The lowest BCUT2D eigenvalue weighted by Crippen LogP contribution is -2.35. The number of amides is 2. The molecule has 1 aliphatic heterocycles. The molecular weight excluding hydrogens is 318 g/mol. The Kier molecular flexibility index (Phi) is 4.16. The number of nitrogens with one attached hydrogen (secondary N) is 1. The van der Waals surface area contributed by atoms with Crippen LogP contribution in [0, 0.1) is 11.6 Å². The fourth-order valence-electron chi connectivity index (χ4n) is 2.39. The summed E-state index contributed by atoms with van der Waals surface area (Å²) in [5.74, 6) is -1.99. The molecule has 0 unspecified atom stereocenters. The van der Waals surface area contributed by atoms with E-state index >= 15 is 0 Å². The Morgan fingerprint density at radius 3 is 2.75 bits per heavy atom. The predicted molar refractivity (Wildman–Crippen MR) is 84.0 cm³/mol. The molecule has 2 amide bonds. The number of halogens is 2. The van der Waals surface area contributed by atoms with Crippen molar-refractivity contribution >= 4 is 23.2 Å². The molecule has 1 heterocycles. The van der Waals surface area contributed by atoms with Crippen LogP contribution in [0.1, 0.15) is 5.56 Å². The van der Waals surface area contributed by atoms with Gasteiger partial charge in [0.2, 0.25) is 5.91 Å². The van der Waals surface area contributed by atoms with E-state index in [1.807, 2.05) is 0 Å². The number of ether oxygens (including phenoxy) is 1. The molecule has 5 nitrogen and oxygen atoms in total. The van der Waals surface area contributed by atoms with E-state index in [2.05, 4.69) is 5.32 Å². The first kappa shape index (κ1) is 15.9. The zero-order valence-corrected chi connectivity index (χ0v) is 12.8. The minimum atomic E-state index is -1.03. The van der Waals surface area contributed by atoms with E-state index in [1.54, 1.807) is 25.2 Å². The van der Waals surface area contributed by atoms with Crippen molar-refractivity contribution in [3.8, 4) is 5.75 Å². The van der Waals surface area contributed by atoms with Crippen molar-refractivity contribution in [1.29, 1.82) is 0 Å². The average molecular weight is 332 g/mol. The van der Waals surface area contributed by atoms with Gasteiger partial charge < -0.3 is 15.0 Å². The maximum atomic E-state index is 13.1. The molecule has 0 fully saturated rings. The highest BCUT2D eigenvalue weighted by molar-refractivity contribution is 5.98. The summed E-state index contributed by atoms with van der Waals surface area (Å²) in [5.41, 5.74) is 1.43. The third kappa shape index (κ3) is 3.19. The monoisotopic (exact) mass is 332 g/mol. The third-order valence-electron chi connectivity index (χ3n) is 3.68. The molecule has 1 aliphatic rings. The fraction of sp³-hybridized carbons (Fsp3) is 0.176. The number of anilines is 2. The second kappa shape index (κ2) is 6.27. The van der Waals surface area contributed by atoms with Crippen LogP contribution in [0.5, 0.6) is 5.75 Å². The molecule has 0 bridgehead atoms. The number of carbonyl (C=O) groups excluding carboxylic acids is 2. The van der Waals surface area contributed by atoms with E-state index in [-0.39, 0.29) is 30.5 Å². The normalized spacial score (nSPS) is 13.3. The molecule has 0 aromatic heterocycles. The second-order valence-electron chi connectivity index (χ2n) is 5.40. The highest BCUT2D eigenvalue weighted by Gasteiger charge is 2.22. The second-order valence-corrected chi connectivity index (χ2v) is 5.40. The fourth-order valence-corrected chi connectivity index (χ4v) is 2.39. The van der Waals surface area contributed by atoms with Crippen molar-refractivity contribution in [3.63, 3.8) is 0 Å². The Hall–Kier alpha value is -2.96. The van der Waals surface area contributed by atoms with E-state index in [0.29, 0.717) is 17.0 Å². The van der Waals surface area contributed by atoms with Crippen molar-refractivity contribution in [2.24, 2.45) is 0 Å². The molecule has 2 aromatic rings. The summed E-state index contributed by atoms with van der Waals surface area (Å²) in [4.78, 5) is 25.2. The van der Waals surface area contributed by atoms with Crippen LogP contribution in [-0.2, 0) is 16.0 Å². The molecule has 0 saturated carbocycles. The zero-order chi connectivity index (χ0) is 17.3. The molecule has 0 radical (unpaired) electrons. The lowest BCUT2D eigenvalue weighted by atomic mass is 10.1. The van der Waals surface area contributed by atoms with Crippen LogP contribution in [0.15, 0.2) is 36.4 Å². The molecule has 24 heavy (non-hydrogen) atoms. The minimum absolute atomic E-state index is 0.0144. The molecular formula is C17H14F2N2O3. The van der Waals surface area contributed by atoms with Gasteiger partial charge in [0.05, 0.1) is 12.1 Å². The standard InChI is InChI=1S/C17H14F2N2O3/c1-21-14-6-10(2-5-15(14)24-9-17(21)23)7-16(22)20-11-3-4-12(18)13(19)8-11/h2-6,8H,7,9H2,1H3,(H,20,22). The van der Waals surface area contributed by atoms with Gasteiger partial charge in [-0.1, -0.05) is 6.07 Å². The largest absolute Gasteiger partial charge is 0.482 e. The van der Waals surface area contributed by atoms with Gasteiger partial charge in [0.15, 0.2) is 18.2 Å². The zero-order valence-electron chi connectivity index (χ0n) is 12.8. The Morgan fingerprint density at radius 1 is 1.21 bits per heavy atom. The topological polar surface area (TPSA) is 58.6 Å². The third-order valence-corrected chi connectivity index (χ3v) is 3.68. The van der Waals surface area contributed by atoms with Gasteiger partial charge >= 0.3 is 0 Å². The van der Waals surface area contributed by atoms with E-state index < -0.39 is 11.6 Å². The van der Waals surface area contributed by atoms with Gasteiger partial charge in [-0.15, -0.1) is 0 Å². The Morgan fingerprint density at radius 2 is 2.00 bits per heavy atom. The quantitative estimate of drug-likeness (QED) is 0.939. The van der Waals surface area contributed by atoms with Crippen molar-refractivity contribution in [2.75, 3.05) is 23.9 Å². The first-order valence-corrected chi connectivity index (χ1v) is 7.21. The highest BCUT2D eigenvalue weighted by atomic mass is 19.2. The number of nitrogens with zero attached hydrogens (tertiary/aromatic N) is 1. The molecule has 3 rings (SSSR count). The van der Waals surface area contributed by atoms with E-state index in [0.717, 1.165) is 12.1 Å². The van der Waals surface area contributed by atoms with Crippen LogP contribution in [0.25, 0.3) is 0 Å². The Bertz CT molecular complexity index is 823. The summed E-state index contributed by atoms with van der Waals surface area (Å²) in [6.45, 7) is -0.0144. The maximum Gasteiger partial charge on any atom is 0.264 e. The first-order valence-electron chi connectivity index (χ1n) is 7.21. The smallest absolute Gasteiger partial charge is 0.264 e. The molecule has 1 N–H and O–H groups in total. The molecule has 0 atom stereocenters. The van der Waals surface area contributed by atoms with Crippen LogP contribution in [0.3, 0.4) is 0 Å². The summed E-state index contributed by atoms with van der Waals surface area (Å²) in [6, 6.07) is 8.24. The van der Waals surface area contributed by atoms with Crippen molar-refractivity contribution < 1.29 is 23.1 Å². The van der Waals surface area contributed by atoms with Gasteiger partial charge in [0.1, 0.15) is 5.75 Å². The number of hydrogen-bond donors (Lipinski definition) is 1. The predicted octanol–water partition coefficient (Wildman–Crippen LogP) is 2.50. The number of carbonyl (C=O) groups is 2. The van der Waals surface area contributed by atoms with E-state index in [9.17, 15) is 18.4 Å². The highest BCUT2D eigenvalue weighted by Crippen LogP contribution is 2.32. The first-order chi connectivity index (χ1) is 11.4. The van der Waals surface area contributed by atoms with E-state index in [1.165, 1.54) is 11.0 Å². The molecule has 7 heteroatoms. The van der Waals surface area contributed by atoms with Crippen molar-refractivity contribution in [3.05, 3.63) is 53.6 Å². The van der Waals surface area contributed by atoms with Crippen LogP contribution in [0.4, 0.5) is 20.2 Å². The summed E-state index contributed by atoms with van der Waals surface area (Å²) in [7, 11) is 1.63. The van der Waals surface area contributed by atoms with Gasteiger partial charge in [0.25, 0.3) is 5.91 Å². The average Bonchev–Trinajstić information content (AvgIpc) is 2.55. The van der Waals surface area contributed by atoms with Gasteiger partial charge in [-0.05, 0) is 29.8 Å². The van der Waals surface area contributed by atoms with Crippen molar-refractivity contribution in [1.82, 2.24) is 0 Å². The molecule has 124 valence electrons. The van der Waals surface area contributed by atoms with Gasteiger partial charge in [-0.2, -0.15) is 0 Å². The SMILES string of the molecule is CN1C(=O)COc2ccc(CC(=O)Nc3ccc(F)c(F)c3)cc21. The van der Waals surface area contributed by atoms with Crippen LogP contribution in [0.2, 0.25) is 0 Å². The van der Waals surface area contributed by atoms with Crippen LogP contribution in [-0.4, -0.2) is 25.5 Å². The molecule has 0 aliphatic carbocycles. The number of fused-ring (bicyclic) bond motifs is 1. The molecule has 0 saturated heterocycles. The van der Waals surface area contributed by atoms with Gasteiger partial charge in [-0.25, -0.2) is 8.78 Å². The van der Waals surface area contributed by atoms with Crippen molar-refractivity contribution in [2.45, 2.75) is 6.42 Å². The number of hydrogen-bond acceptors (Lipinski definition) is 3. The summed E-state index contributed by atoms with van der Waals surface area (Å²) in [5, 5.41) is 2.50. The summed E-state index contributed by atoms with van der Waals surface area (Å²) < 4.78 is 31.3.